The standard InChI is InChI=1S/C37H75N2O6P/c1-3-5-7-9-11-13-14-15-16-17-18-19-20-21-22-23-25-27-29-31-37(41)39-35(34-45-46(42,43)44-33-32-38)36(40)30-28-26-24-12-10-8-6-4-2/h28,30,35-36,40H,3-27,29,31-34,38H2,1-2H3,(H,39,41)(H,42,43)/b30-28+. The van der Waals surface area contributed by atoms with Crippen molar-refractivity contribution < 1.29 is 28.4 Å². The number of aliphatic hydroxyl groups excluding tert-OH is 1. The van der Waals surface area contributed by atoms with Crippen LogP contribution in [0.3, 0.4) is 0 Å². The van der Waals surface area contributed by atoms with Gasteiger partial charge in [-0.2, -0.15) is 0 Å². The van der Waals surface area contributed by atoms with E-state index in [9.17, 15) is 19.4 Å². The summed E-state index contributed by atoms with van der Waals surface area (Å²) in [5.41, 5.74) is 5.34. The Hall–Kier alpha value is -0.760. The van der Waals surface area contributed by atoms with Crippen LogP contribution >= 0.6 is 7.82 Å². The monoisotopic (exact) mass is 675 g/mol. The van der Waals surface area contributed by atoms with E-state index < -0.39 is 20.0 Å². The Balaban J connectivity index is 4.09. The molecule has 0 radical (unpaired) electrons. The number of hydrogen-bond donors (Lipinski definition) is 4. The number of phosphoric ester groups is 1. The third-order valence-corrected chi connectivity index (χ3v) is 9.60. The maximum atomic E-state index is 12.7. The van der Waals surface area contributed by atoms with E-state index in [-0.39, 0.29) is 25.7 Å². The van der Waals surface area contributed by atoms with E-state index >= 15 is 0 Å². The van der Waals surface area contributed by atoms with Gasteiger partial charge in [0.05, 0.1) is 25.4 Å². The van der Waals surface area contributed by atoms with Gasteiger partial charge in [0, 0.05) is 13.0 Å². The highest BCUT2D eigenvalue weighted by Gasteiger charge is 2.26. The fourth-order valence-electron chi connectivity index (χ4n) is 5.66. The molecule has 0 aliphatic carbocycles. The van der Waals surface area contributed by atoms with Gasteiger partial charge in [-0.15, -0.1) is 0 Å². The summed E-state index contributed by atoms with van der Waals surface area (Å²) in [6.45, 7) is 4.09. The van der Waals surface area contributed by atoms with Gasteiger partial charge >= 0.3 is 7.82 Å². The molecule has 0 heterocycles. The molecule has 0 aromatic heterocycles. The second-order valence-corrected chi connectivity index (χ2v) is 14.6. The van der Waals surface area contributed by atoms with Crippen molar-refractivity contribution in [1.82, 2.24) is 5.32 Å². The van der Waals surface area contributed by atoms with Gasteiger partial charge < -0.3 is 21.1 Å². The van der Waals surface area contributed by atoms with Gasteiger partial charge in [0.15, 0.2) is 0 Å². The molecule has 0 rings (SSSR count). The van der Waals surface area contributed by atoms with E-state index in [1.54, 1.807) is 6.08 Å². The fraction of sp³-hybridized carbons (Fsp3) is 0.919. The van der Waals surface area contributed by atoms with Crippen molar-refractivity contribution in [3.05, 3.63) is 12.2 Å². The molecule has 3 atom stereocenters. The maximum absolute atomic E-state index is 12.7. The highest BCUT2D eigenvalue weighted by molar-refractivity contribution is 7.47. The molecule has 8 nitrogen and oxygen atoms in total. The van der Waals surface area contributed by atoms with Crippen LogP contribution in [0.4, 0.5) is 0 Å². The summed E-state index contributed by atoms with van der Waals surface area (Å²) in [5, 5.41) is 13.5. The Morgan fingerprint density at radius 1 is 0.696 bits per heavy atom. The molecule has 1 amide bonds. The predicted octanol–water partition coefficient (Wildman–Crippen LogP) is 10.1. The SMILES string of the molecule is CCCCCCCC/C=C/C(O)C(COP(=O)(O)OCCN)NC(=O)CCCCCCCCCCCCCCCCCCCCC. The van der Waals surface area contributed by atoms with Crippen LogP contribution in [0.1, 0.15) is 187 Å². The molecule has 5 N–H and O–H groups in total. The minimum atomic E-state index is -4.32. The van der Waals surface area contributed by atoms with Gasteiger partial charge in [0.1, 0.15) is 0 Å². The number of amides is 1. The fourth-order valence-corrected chi connectivity index (χ4v) is 6.42. The number of phosphoric acid groups is 1. The molecule has 0 saturated heterocycles. The summed E-state index contributed by atoms with van der Waals surface area (Å²) in [7, 11) is -4.32. The molecule has 0 aromatic carbocycles. The summed E-state index contributed by atoms with van der Waals surface area (Å²) in [4.78, 5) is 22.5. The summed E-state index contributed by atoms with van der Waals surface area (Å²) >= 11 is 0. The first kappa shape index (κ1) is 45.2. The molecular weight excluding hydrogens is 599 g/mol. The second-order valence-electron chi connectivity index (χ2n) is 13.1. The van der Waals surface area contributed by atoms with Crippen molar-refractivity contribution in [2.45, 2.75) is 199 Å². The molecule has 3 unspecified atom stereocenters. The third-order valence-electron chi connectivity index (χ3n) is 8.61. The topological polar surface area (TPSA) is 131 Å². The van der Waals surface area contributed by atoms with Crippen molar-refractivity contribution in [3.63, 3.8) is 0 Å². The smallest absolute Gasteiger partial charge is 0.387 e. The number of nitrogens with two attached hydrogens (primary N) is 1. The Labute approximate surface area is 284 Å². The zero-order valence-electron chi connectivity index (χ0n) is 30.1. The minimum Gasteiger partial charge on any atom is -0.387 e. The van der Waals surface area contributed by atoms with E-state index in [1.807, 2.05) is 6.08 Å². The summed E-state index contributed by atoms with van der Waals surface area (Å²) in [6.07, 6.45) is 35.6. The molecule has 274 valence electrons. The Morgan fingerprint density at radius 3 is 1.54 bits per heavy atom. The molecule has 0 aliphatic rings. The van der Waals surface area contributed by atoms with Crippen molar-refractivity contribution in [2.75, 3.05) is 19.8 Å². The molecule has 0 bridgehead atoms. The lowest BCUT2D eigenvalue weighted by atomic mass is 10.0. The lowest BCUT2D eigenvalue weighted by Crippen LogP contribution is -2.45. The van der Waals surface area contributed by atoms with E-state index in [0.717, 1.165) is 38.5 Å². The second kappa shape index (κ2) is 34.1. The zero-order valence-corrected chi connectivity index (χ0v) is 31.0. The minimum absolute atomic E-state index is 0.0807. The predicted molar refractivity (Wildman–Crippen MR) is 194 cm³/mol. The average molecular weight is 675 g/mol. The molecular formula is C37H75N2O6P. The van der Waals surface area contributed by atoms with Gasteiger partial charge in [-0.25, -0.2) is 4.57 Å². The number of nitrogens with one attached hydrogen (secondary N) is 1. The Morgan fingerprint density at radius 2 is 1.11 bits per heavy atom. The lowest BCUT2D eigenvalue weighted by Gasteiger charge is -2.23. The first-order valence-corrected chi connectivity index (χ1v) is 20.8. The van der Waals surface area contributed by atoms with Crippen LogP contribution in [0.2, 0.25) is 0 Å². The average Bonchev–Trinajstić information content (AvgIpc) is 3.04. The first-order valence-electron chi connectivity index (χ1n) is 19.3. The maximum Gasteiger partial charge on any atom is 0.472 e. The Bertz CT molecular complexity index is 739. The van der Waals surface area contributed by atoms with Crippen LogP contribution in [0.25, 0.3) is 0 Å². The van der Waals surface area contributed by atoms with Gasteiger partial charge in [-0.3, -0.25) is 13.8 Å². The number of hydrogen-bond acceptors (Lipinski definition) is 6. The van der Waals surface area contributed by atoms with E-state index in [1.165, 1.54) is 128 Å². The van der Waals surface area contributed by atoms with Crippen LogP contribution in [-0.4, -0.2) is 47.8 Å². The quantitative estimate of drug-likeness (QED) is 0.0295. The van der Waals surface area contributed by atoms with E-state index in [2.05, 4.69) is 19.2 Å². The number of carbonyl (C=O) groups excluding carboxylic acids is 1. The number of carbonyl (C=O) groups is 1. The molecule has 0 aromatic rings. The number of aliphatic hydroxyl groups is 1. The number of unbranched alkanes of at least 4 members (excludes halogenated alkanes) is 24. The normalized spacial score (nSPS) is 14.5. The van der Waals surface area contributed by atoms with Gasteiger partial charge in [0.2, 0.25) is 5.91 Å². The van der Waals surface area contributed by atoms with Gasteiger partial charge in [0.25, 0.3) is 0 Å². The van der Waals surface area contributed by atoms with Crippen LogP contribution in [-0.2, 0) is 18.4 Å². The van der Waals surface area contributed by atoms with Gasteiger partial charge in [-0.05, 0) is 19.3 Å². The summed E-state index contributed by atoms with van der Waals surface area (Å²) in [5.74, 6) is -0.195. The lowest BCUT2D eigenvalue weighted by molar-refractivity contribution is -0.123. The van der Waals surface area contributed by atoms with Gasteiger partial charge in [-0.1, -0.05) is 174 Å². The van der Waals surface area contributed by atoms with Crippen LogP contribution in [0.15, 0.2) is 12.2 Å². The molecule has 0 spiro atoms. The molecule has 46 heavy (non-hydrogen) atoms. The highest BCUT2D eigenvalue weighted by Crippen LogP contribution is 2.43. The molecule has 9 heteroatoms. The van der Waals surface area contributed by atoms with Crippen molar-refractivity contribution in [1.29, 1.82) is 0 Å². The zero-order chi connectivity index (χ0) is 34.0. The van der Waals surface area contributed by atoms with Crippen LogP contribution < -0.4 is 11.1 Å². The summed E-state index contributed by atoms with van der Waals surface area (Å²) < 4.78 is 22.0. The Kier molecular flexibility index (Phi) is 33.6. The first-order chi connectivity index (χ1) is 22.4. The number of rotatable bonds is 36. The number of allylic oxidation sites excluding steroid dienone is 1. The van der Waals surface area contributed by atoms with Crippen molar-refractivity contribution >= 4 is 13.7 Å². The largest absolute Gasteiger partial charge is 0.472 e. The van der Waals surface area contributed by atoms with Crippen LogP contribution in [0, 0.1) is 0 Å². The highest BCUT2D eigenvalue weighted by atomic mass is 31.2. The van der Waals surface area contributed by atoms with E-state index in [0.29, 0.717) is 6.42 Å². The molecule has 0 aliphatic heterocycles. The third kappa shape index (κ3) is 31.8. The van der Waals surface area contributed by atoms with Crippen molar-refractivity contribution in [2.24, 2.45) is 5.73 Å². The van der Waals surface area contributed by atoms with Crippen LogP contribution in [0.5, 0.6) is 0 Å². The van der Waals surface area contributed by atoms with E-state index in [4.69, 9.17) is 14.8 Å². The van der Waals surface area contributed by atoms with Crippen molar-refractivity contribution in [3.8, 4) is 0 Å². The summed E-state index contributed by atoms with van der Waals surface area (Å²) in [6, 6.07) is -0.851. The molecule has 0 saturated carbocycles. The molecule has 0 fully saturated rings.